The molecule has 0 unspecified atom stereocenters. The van der Waals surface area contributed by atoms with Gasteiger partial charge in [0.15, 0.2) is 16.8 Å². The molecule has 1 aromatic carbocycles. The third-order valence-corrected chi connectivity index (χ3v) is 6.47. The van der Waals surface area contributed by atoms with Gasteiger partial charge in [-0.1, -0.05) is 17.8 Å². The number of aromatic nitrogens is 4. The van der Waals surface area contributed by atoms with E-state index in [0.29, 0.717) is 17.5 Å². The lowest BCUT2D eigenvalue weighted by Gasteiger charge is -2.14. The van der Waals surface area contributed by atoms with E-state index in [2.05, 4.69) is 21.2 Å². The van der Waals surface area contributed by atoms with Crippen LogP contribution in [-0.4, -0.2) is 31.3 Å². The minimum atomic E-state index is 0.0993. The number of furan rings is 1. The summed E-state index contributed by atoms with van der Waals surface area (Å²) in [5.74, 6) is 1.87. The van der Waals surface area contributed by atoms with Crippen molar-refractivity contribution in [2.24, 2.45) is 0 Å². The van der Waals surface area contributed by atoms with Gasteiger partial charge in [0.2, 0.25) is 0 Å². The average molecular weight is 433 g/mol. The molecule has 6 nitrogen and oxygen atoms in total. The number of ketones is 1. The predicted molar refractivity (Wildman–Crippen MR) is 122 cm³/mol. The molecule has 0 atom stereocenters. The van der Waals surface area contributed by atoms with Crippen molar-refractivity contribution >= 4 is 17.5 Å². The fourth-order valence-electron chi connectivity index (χ4n) is 3.64. The van der Waals surface area contributed by atoms with Gasteiger partial charge in [0.25, 0.3) is 0 Å². The molecule has 0 saturated carbocycles. The monoisotopic (exact) mass is 432 g/mol. The molecular weight excluding hydrogens is 408 g/mol. The second-order valence-electron chi connectivity index (χ2n) is 7.56. The van der Waals surface area contributed by atoms with Crippen molar-refractivity contribution in [1.82, 2.24) is 19.7 Å². The summed E-state index contributed by atoms with van der Waals surface area (Å²) in [4.78, 5) is 17.4. The zero-order chi connectivity index (χ0) is 22.0. The lowest BCUT2D eigenvalue weighted by atomic mass is 9.92. The van der Waals surface area contributed by atoms with Gasteiger partial charge in [-0.25, -0.2) is 0 Å². The molecule has 0 fully saturated rings. The number of hydrogen-bond donors (Lipinski definition) is 0. The van der Waals surface area contributed by atoms with E-state index in [1.165, 1.54) is 11.8 Å². The Morgan fingerprint density at radius 1 is 1.06 bits per heavy atom. The third kappa shape index (κ3) is 4.32. The van der Waals surface area contributed by atoms with E-state index in [1.54, 1.807) is 18.7 Å². The van der Waals surface area contributed by atoms with E-state index in [0.717, 1.165) is 39.1 Å². The number of hydrogen-bond acceptors (Lipinski definition) is 6. The van der Waals surface area contributed by atoms with Crippen molar-refractivity contribution in [1.29, 1.82) is 0 Å². The van der Waals surface area contributed by atoms with Crippen LogP contribution in [0.3, 0.4) is 0 Å². The van der Waals surface area contributed by atoms with Gasteiger partial charge in [0, 0.05) is 23.5 Å². The molecular formula is C24H24N4O2S. The highest BCUT2D eigenvalue weighted by atomic mass is 32.2. The molecule has 31 heavy (non-hydrogen) atoms. The average Bonchev–Trinajstić information content (AvgIpc) is 3.42. The van der Waals surface area contributed by atoms with Gasteiger partial charge in [-0.05, 0) is 74.2 Å². The summed E-state index contributed by atoms with van der Waals surface area (Å²) in [6.45, 7) is 8.60. The van der Waals surface area contributed by atoms with E-state index in [4.69, 9.17) is 4.42 Å². The van der Waals surface area contributed by atoms with Crippen LogP contribution in [0.4, 0.5) is 0 Å². The Bertz CT molecular complexity index is 1190. The summed E-state index contributed by atoms with van der Waals surface area (Å²) in [7, 11) is 0. The Hall–Kier alpha value is -3.19. The second kappa shape index (κ2) is 8.89. The number of Topliss-reactive ketones (excluding diaryl/α,β-unsaturated/α-hetero) is 1. The first-order chi connectivity index (χ1) is 15.0. The highest BCUT2D eigenvalue weighted by Gasteiger charge is 2.20. The van der Waals surface area contributed by atoms with E-state index >= 15 is 0 Å². The van der Waals surface area contributed by atoms with Crippen LogP contribution >= 0.6 is 11.8 Å². The van der Waals surface area contributed by atoms with Crippen molar-refractivity contribution < 1.29 is 9.21 Å². The summed E-state index contributed by atoms with van der Waals surface area (Å²) in [5.41, 5.74) is 6.03. The Morgan fingerprint density at radius 2 is 1.84 bits per heavy atom. The molecule has 7 heteroatoms. The van der Waals surface area contributed by atoms with E-state index in [1.807, 2.05) is 56.5 Å². The Labute approximate surface area is 185 Å². The number of nitrogens with zero attached hydrogens (tertiary/aromatic N) is 4. The number of carbonyl (C=O) groups excluding carboxylic acids is 1. The van der Waals surface area contributed by atoms with Crippen molar-refractivity contribution in [2.45, 2.75) is 39.4 Å². The van der Waals surface area contributed by atoms with Gasteiger partial charge in [0.1, 0.15) is 5.76 Å². The molecule has 0 aliphatic carbocycles. The van der Waals surface area contributed by atoms with Crippen LogP contribution in [0.1, 0.15) is 38.4 Å². The molecule has 0 N–H and O–H groups in total. The molecule has 3 aromatic heterocycles. The zero-order valence-corrected chi connectivity index (χ0v) is 18.9. The SMILES string of the molecule is Cc1cc(C)c(C)c(C(=O)CSc2nnc(-c3cccnc3)n2Cc2ccco2)c1C. The van der Waals surface area contributed by atoms with Crippen LogP contribution in [0, 0.1) is 27.7 Å². The fourth-order valence-corrected chi connectivity index (χ4v) is 4.45. The van der Waals surface area contributed by atoms with Crippen molar-refractivity contribution in [3.63, 3.8) is 0 Å². The maximum Gasteiger partial charge on any atom is 0.192 e. The maximum atomic E-state index is 13.2. The van der Waals surface area contributed by atoms with Crippen LogP contribution in [0.25, 0.3) is 11.4 Å². The lowest BCUT2D eigenvalue weighted by Crippen LogP contribution is -2.11. The third-order valence-electron chi connectivity index (χ3n) is 5.51. The van der Waals surface area contributed by atoms with Crippen LogP contribution in [0.2, 0.25) is 0 Å². The highest BCUT2D eigenvalue weighted by Crippen LogP contribution is 2.28. The molecule has 0 aliphatic heterocycles. The molecule has 0 bridgehead atoms. The maximum absolute atomic E-state index is 13.2. The number of pyridine rings is 1. The van der Waals surface area contributed by atoms with Gasteiger partial charge in [0.05, 0.1) is 18.6 Å². The summed E-state index contributed by atoms with van der Waals surface area (Å²) < 4.78 is 7.50. The van der Waals surface area contributed by atoms with E-state index < -0.39 is 0 Å². The quantitative estimate of drug-likeness (QED) is 0.296. The van der Waals surface area contributed by atoms with E-state index in [9.17, 15) is 4.79 Å². The zero-order valence-electron chi connectivity index (χ0n) is 18.0. The highest BCUT2D eigenvalue weighted by molar-refractivity contribution is 7.99. The van der Waals surface area contributed by atoms with Gasteiger partial charge >= 0.3 is 0 Å². The van der Waals surface area contributed by atoms with Gasteiger partial charge in [-0.3, -0.25) is 14.3 Å². The Balaban J connectivity index is 1.63. The molecule has 0 spiro atoms. The standard InChI is InChI=1S/C24H24N4O2S/c1-15-11-16(2)18(4)22(17(15)3)21(29)14-31-24-27-26-23(19-7-5-9-25-12-19)28(24)13-20-8-6-10-30-20/h5-12H,13-14H2,1-4H3. The van der Waals surface area contributed by atoms with Crippen LogP contribution < -0.4 is 0 Å². The number of aryl methyl sites for hydroxylation is 2. The van der Waals surface area contributed by atoms with E-state index in [-0.39, 0.29) is 11.5 Å². The topological polar surface area (TPSA) is 73.8 Å². The number of carbonyl (C=O) groups is 1. The normalized spacial score (nSPS) is 11.1. The molecule has 0 amide bonds. The number of benzene rings is 1. The smallest absolute Gasteiger partial charge is 0.192 e. The Kier molecular flexibility index (Phi) is 6.04. The van der Waals surface area contributed by atoms with Crippen molar-refractivity contribution in [3.05, 3.63) is 82.6 Å². The first kappa shape index (κ1) is 21.1. The number of thioether (sulfide) groups is 1. The first-order valence-corrected chi connectivity index (χ1v) is 11.0. The summed E-state index contributed by atoms with van der Waals surface area (Å²) >= 11 is 1.39. The predicted octanol–water partition coefficient (Wildman–Crippen LogP) is 5.19. The summed E-state index contributed by atoms with van der Waals surface area (Å²) in [6.07, 6.45) is 5.12. The summed E-state index contributed by atoms with van der Waals surface area (Å²) in [6, 6.07) is 9.70. The molecule has 0 aliphatic rings. The summed E-state index contributed by atoms with van der Waals surface area (Å²) in [5, 5.41) is 9.42. The van der Waals surface area contributed by atoms with Gasteiger partial charge in [-0.15, -0.1) is 10.2 Å². The molecule has 3 heterocycles. The fraction of sp³-hybridized carbons (Fsp3) is 0.250. The largest absolute Gasteiger partial charge is 0.467 e. The van der Waals surface area contributed by atoms with Gasteiger partial charge < -0.3 is 4.42 Å². The van der Waals surface area contributed by atoms with Crippen molar-refractivity contribution in [2.75, 3.05) is 5.75 Å². The lowest BCUT2D eigenvalue weighted by molar-refractivity contribution is 0.102. The minimum absolute atomic E-state index is 0.0993. The molecule has 0 saturated heterocycles. The number of rotatable bonds is 7. The Morgan fingerprint density at radius 3 is 2.48 bits per heavy atom. The van der Waals surface area contributed by atoms with Gasteiger partial charge in [-0.2, -0.15) is 0 Å². The van der Waals surface area contributed by atoms with Crippen LogP contribution in [-0.2, 0) is 6.54 Å². The first-order valence-electron chi connectivity index (χ1n) is 10.0. The van der Waals surface area contributed by atoms with Crippen LogP contribution in [0.15, 0.2) is 58.6 Å². The molecule has 0 radical (unpaired) electrons. The molecule has 158 valence electrons. The minimum Gasteiger partial charge on any atom is -0.467 e. The molecule has 4 rings (SSSR count). The second-order valence-corrected chi connectivity index (χ2v) is 8.50. The molecule has 4 aromatic rings. The van der Waals surface area contributed by atoms with Crippen LogP contribution in [0.5, 0.6) is 0 Å². The van der Waals surface area contributed by atoms with Crippen molar-refractivity contribution in [3.8, 4) is 11.4 Å².